The van der Waals surface area contributed by atoms with E-state index in [2.05, 4.69) is 87.7 Å². The second kappa shape index (κ2) is 8.52. The molecular weight excluding hydrogens is 523 g/mol. The van der Waals surface area contributed by atoms with Gasteiger partial charge in [-0.3, -0.25) is 0 Å². The van der Waals surface area contributed by atoms with Gasteiger partial charge in [0.05, 0.1) is 0 Å². The van der Waals surface area contributed by atoms with Crippen molar-refractivity contribution in [1.82, 2.24) is 0 Å². The summed E-state index contributed by atoms with van der Waals surface area (Å²) in [5.74, 6) is 1.31. The van der Waals surface area contributed by atoms with Crippen molar-refractivity contribution in [3.8, 4) is 0 Å². The van der Waals surface area contributed by atoms with E-state index in [1.807, 2.05) is 5.20 Å². The Morgan fingerprint density at radius 3 is 2.23 bits per heavy atom. The Balaban J connectivity index is 0.00000128. The van der Waals surface area contributed by atoms with Crippen molar-refractivity contribution < 1.29 is 52.5 Å². The van der Waals surface area contributed by atoms with Crippen molar-refractivity contribution in [2.75, 3.05) is 0 Å². The molecule has 2 aliphatic carbocycles. The van der Waals surface area contributed by atoms with Crippen LogP contribution in [0.15, 0.2) is 58.9 Å². The number of fused-ring (bicyclic) bond motifs is 6. The van der Waals surface area contributed by atoms with Crippen LogP contribution in [0.5, 0.6) is 0 Å². The number of benzene rings is 2. The van der Waals surface area contributed by atoms with Gasteiger partial charge in [0.15, 0.2) is 0 Å². The third-order valence-electron chi connectivity index (χ3n) is 6.66. The zero-order valence-electron chi connectivity index (χ0n) is 18.2. The predicted molar refractivity (Wildman–Crippen MR) is 120 cm³/mol. The van der Waals surface area contributed by atoms with Crippen LogP contribution in [-0.2, 0) is 27.7 Å². The Morgan fingerprint density at radius 2 is 1.57 bits per heavy atom. The van der Waals surface area contributed by atoms with Crippen LogP contribution in [0.3, 0.4) is 0 Å². The molecule has 1 fully saturated rings. The van der Waals surface area contributed by atoms with Crippen LogP contribution in [0.25, 0.3) is 11.8 Å². The Labute approximate surface area is 206 Å². The van der Waals surface area contributed by atoms with Crippen LogP contribution < -0.4 is 24.8 Å². The number of halogens is 2. The van der Waals surface area contributed by atoms with Crippen molar-refractivity contribution in [3.05, 3.63) is 81.2 Å². The Bertz CT molecular complexity index is 1040. The second-order valence-corrected chi connectivity index (χ2v) is 22.1. The zero-order valence-corrected chi connectivity index (χ0v) is 24.2. The molecule has 0 amide bonds. The van der Waals surface area contributed by atoms with E-state index in [0.29, 0.717) is 3.63 Å². The molecule has 1 nitrogen and oxygen atoms in total. The smallest absolute Gasteiger partial charge is 1.00 e. The van der Waals surface area contributed by atoms with Crippen molar-refractivity contribution in [1.29, 1.82) is 0 Å². The third kappa shape index (κ3) is 3.61. The molecule has 3 atom stereocenters. The number of rotatable bonds is 3. The van der Waals surface area contributed by atoms with Gasteiger partial charge in [-0.15, -0.1) is 0 Å². The van der Waals surface area contributed by atoms with Crippen LogP contribution in [0.2, 0.25) is 32.2 Å². The van der Waals surface area contributed by atoms with Gasteiger partial charge in [0.2, 0.25) is 0 Å². The van der Waals surface area contributed by atoms with Crippen LogP contribution in [0.4, 0.5) is 0 Å². The molecule has 6 heteroatoms. The molecule has 0 N–H and O–H groups in total. The fourth-order valence-corrected chi connectivity index (χ4v) is 20.1. The van der Waals surface area contributed by atoms with E-state index in [-0.39, 0.29) is 24.8 Å². The number of allylic oxidation sites excluding steroid dienone is 2. The van der Waals surface area contributed by atoms with Crippen LogP contribution in [-0.4, -0.2) is 16.4 Å². The van der Waals surface area contributed by atoms with E-state index in [1.54, 1.807) is 16.3 Å². The Morgan fingerprint density at radius 1 is 0.933 bits per heavy atom. The summed E-state index contributed by atoms with van der Waals surface area (Å²) < 4.78 is 8.34. The summed E-state index contributed by atoms with van der Waals surface area (Å²) in [6.07, 6.45) is 2.59. The molecule has 1 saturated heterocycles. The summed E-state index contributed by atoms with van der Waals surface area (Å²) in [6.45, 7) is 12.1. The molecule has 5 rings (SSSR count). The van der Waals surface area contributed by atoms with Gasteiger partial charge in [0.25, 0.3) is 0 Å². The van der Waals surface area contributed by atoms with Gasteiger partial charge in [-0.1, -0.05) is 0 Å². The monoisotopic (exact) mass is 548 g/mol. The fraction of sp³-hybridized carbons (Fsp3) is 0.333. The van der Waals surface area contributed by atoms with Crippen LogP contribution in [0, 0.1) is 0 Å². The summed E-state index contributed by atoms with van der Waals surface area (Å²) in [4.78, 5) is 0. The van der Waals surface area contributed by atoms with E-state index in [0.717, 1.165) is 3.63 Å². The maximum atomic E-state index is 6.87. The van der Waals surface area contributed by atoms with E-state index >= 15 is 0 Å². The van der Waals surface area contributed by atoms with Gasteiger partial charge < -0.3 is 24.8 Å². The van der Waals surface area contributed by atoms with Gasteiger partial charge in [-0.05, 0) is 0 Å². The first-order valence-electron chi connectivity index (χ1n) is 10.4. The third-order valence-corrected chi connectivity index (χ3v) is 18.4. The first kappa shape index (κ1) is 24.3. The minimum Gasteiger partial charge on any atom is -1.00 e. The van der Waals surface area contributed by atoms with Crippen molar-refractivity contribution >= 4 is 28.2 Å². The van der Waals surface area contributed by atoms with Gasteiger partial charge in [-0.25, -0.2) is 0 Å². The molecule has 1 heterocycles. The quantitative estimate of drug-likeness (QED) is 0.512. The first-order chi connectivity index (χ1) is 13.3. The topological polar surface area (TPSA) is 9.23 Å². The molecule has 3 unspecified atom stereocenters. The van der Waals surface area contributed by atoms with E-state index in [4.69, 9.17) is 4.43 Å². The summed E-state index contributed by atoms with van der Waals surface area (Å²) in [6, 6.07) is 19.7. The molecule has 2 aromatic rings. The van der Waals surface area contributed by atoms with Crippen LogP contribution >= 0.6 is 0 Å². The predicted octanol–water partition coefficient (Wildman–Crippen LogP) is 0.723. The molecular formula is C24H28Cl2OSi2Zr. The molecule has 0 spiro atoms. The molecule has 156 valence electrons. The molecule has 30 heavy (non-hydrogen) atoms. The minimum atomic E-state index is -1.75. The van der Waals surface area contributed by atoms with Crippen molar-refractivity contribution in [3.63, 3.8) is 0 Å². The minimum absolute atomic E-state index is 0. The summed E-state index contributed by atoms with van der Waals surface area (Å²) in [5, 5.41) is 3.58. The number of hydrogen-bond acceptors (Lipinski definition) is 1. The van der Waals surface area contributed by atoms with Gasteiger partial charge in [0, 0.05) is 0 Å². The van der Waals surface area contributed by atoms with Gasteiger partial charge in [0.1, 0.15) is 0 Å². The van der Waals surface area contributed by atoms with Gasteiger partial charge in [-0.2, -0.15) is 0 Å². The fourth-order valence-electron chi connectivity index (χ4n) is 5.24. The summed E-state index contributed by atoms with van der Waals surface area (Å²) in [7, 11) is -3.42. The average Bonchev–Trinajstić information content (AvgIpc) is 3.19. The second-order valence-electron chi connectivity index (χ2n) is 9.49. The maximum Gasteiger partial charge on any atom is -1.00 e. The molecule has 0 saturated carbocycles. The standard InChI is InChI=1S/C24H28OSi2.2ClH.Zr/c1-6-27(5,21-15-18-11-7-8-12-19(18)16-21)23-17-20-13-9-10-14-22(20)24(23)25-26(2,3)4;;;/h7-17H,6H2,1-5H3;2*1H;/q;;;+2/p-2. The van der Waals surface area contributed by atoms with E-state index in [1.165, 1.54) is 22.9 Å². The normalized spacial score (nSPS) is 25.3. The van der Waals surface area contributed by atoms with Gasteiger partial charge >= 0.3 is 183 Å². The average molecular weight is 551 g/mol. The van der Waals surface area contributed by atoms with Crippen molar-refractivity contribution in [2.45, 2.75) is 46.4 Å². The molecule has 2 aromatic carbocycles. The SMILES string of the molecule is CC[Si]1(C)C2=Cc3ccccc3[CH]2[Zr+2][CH]2C1=C(O[Si](C)(C)C)c1ccccc12.[Cl-].[Cl-]. The molecule has 0 aromatic heterocycles. The molecule has 0 radical (unpaired) electrons. The Hall–Kier alpha value is -0.383. The largest absolute Gasteiger partial charge is 1.00 e. The maximum absolute atomic E-state index is 6.87. The number of hydrogen-bond donors (Lipinski definition) is 0. The molecule has 0 bridgehead atoms. The van der Waals surface area contributed by atoms with Crippen molar-refractivity contribution in [2.24, 2.45) is 0 Å². The molecule has 3 aliphatic rings. The zero-order chi connectivity index (χ0) is 19.7. The Kier molecular flexibility index (Phi) is 6.89. The van der Waals surface area contributed by atoms with E-state index in [9.17, 15) is 0 Å². The molecule has 1 aliphatic heterocycles. The summed E-state index contributed by atoms with van der Waals surface area (Å²) in [5.41, 5.74) is 6.14. The van der Waals surface area contributed by atoms with E-state index < -0.39 is 39.6 Å². The first-order valence-corrected chi connectivity index (χ1v) is 19.4. The summed E-state index contributed by atoms with van der Waals surface area (Å²) >= 11 is -0.723. The van der Waals surface area contributed by atoms with Crippen LogP contribution in [0.1, 0.15) is 36.4 Å².